The van der Waals surface area contributed by atoms with Gasteiger partial charge in [-0.2, -0.15) is 0 Å². The molecule has 0 aliphatic rings. The van der Waals surface area contributed by atoms with Crippen molar-refractivity contribution in [2.45, 2.75) is 19.9 Å². The van der Waals surface area contributed by atoms with Crippen LogP contribution in [-0.2, 0) is 6.54 Å². The minimum Gasteiger partial charge on any atom is -0.313 e. The van der Waals surface area contributed by atoms with Gasteiger partial charge >= 0.3 is 0 Å². The maximum Gasteiger partial charge on any atom is 0.141 e. The average molecular weight is 296 g/mol. The van der Waals surface area contributed by atoms with E-state index in [1.165, 1.54) is 12.1 Å². The summed E-state index contributed by atoms with van der Waals surface area (Å²) < 4.78 is 26.9. The maximum absolute atomic E-state index is 13.7. The van der Waals surface area contributed by atoms with Crippen LogP contribution in [0.5, 0.6) is 0 Å². The standard InChI is InChI=1S/C16H16ClF2N/c1-2-7-20-10-13-8-11(3-5-15(13)18)12-4-6-16(19)14(17)9-12/h3-6,8-9,20H,2,7,10H2,1H3. The molecule has 0 fully saturated rings. The highest BCUT2D eigenvalue weighted by Crippen LogP contribution is 2.26. The zero-order chi connectivity index (χ0) is 14.5. The van der Waals surface area contributed by atoms with Gasteiger partial charge in [0, 0.05) is 12.1 Å². The van der Waals surface area contributed by atoms with Crippen molar-refractivity contribution in [1.29, 1.82) is 0 Å². The summed E-state index contributed by atoms with van der Waals surface area (Å²) in [5.74, 6) is -0.701. The summed E-state index contributed by atoms with van der Waals surface area (Å²) in [6.45, 7) is 3.37. The molecule has 0 aliphatic carbocycles. The van der Waals surface area contributed by atoms with Crippen molar-refractivity contribution >= 4 is 11.6 Å². The second-order valence-electron chi connectivity index (χ2n) is 4.61. The molecule has 20 heavy (non-hydrogen) atoms. The number of hydrogen-bond acceptors (Lipinski definition) is 1. The van der Waals surface area contributed by atoms with Crippen molar-refractivity contribution in [3.05, 3.63) is 58.6 Å². The average Bonchev–Trinajstić information content (AvgIpc) is 2.44. The van der Waals surface area contributed by atoms with Crippen molar-refractivity contribution in [2.75, 3.05) is 6.54 Å². The van der Waals surface area contributed by atoms with Gasteiger partial charge in [-0.3, -0.25) is 0 Å². The Kier molecular flexibility index (Phi) is 5.10. The molecule has 0 bridgehead atoms. The molecular weight excluding hydrogens is 280 g/mol. The summed E-state index contributed by atoms with van der Waals surface area (Å²) in [4.78, 5) is 0. The minimum atomic E-state index is -0.456. The third kappa shape index (κ3) is 3.56. The van der Waals surface area contributed by atoms with Crippen LogP contribution in [0.2, 0.25) is 5.02 Å². The molecule has 0 spiro atoms. The number of hydrogen-bond donors (Lipinski definition) is 1. The normalized spacial score (nSPS) is 10.8. The Bertz CT molecular complexity index is 599. The lowest BCUT2D eigenvalue weighted by Gasteiger charge is -2.09. The van der Waals surface area contributed by atoms with Crippen molar-refractivity contribution in [1.82, 2.24) is 5.32 Å². The summed E-state index contributed by atoms with van der Waals surface area (Å²) in [7, 11) is 0. The van der Waals surface area contributed by atoms with Gasteiger partial charge in [0.1, 0.15) is 11.6 Å². The van der Waals surface area contributed by atoms with Crippen LogP contribution >= 0.6 is 11.6 Å². The van der Waals surface area contributed by atoms with E-state index in [0.717, 1.165) is 24.1 Å². The van der Waals surface area contributed by atoms with E-state index in [4.69, 9.17) is 11.6 Å². The van der Waals surface area contributed by atoms with Gasteiger partial charge in [0.15, 0.2) is 0 Å². The van der Waals surface area contributed by atoms with Gasteiger partial charge in [-0.05, 0) is 48.4 Å². The molecule has 0 atom stereocenters. The molecule has 0 aromatic heterocycles. The summed E-state index contributed by atoms with van der Waals surface area (Å²) in [5.41, 5.74) is 2.19. The SMILES string of the molecule is CCCNCc1cc(-c2ccc(F)c(Cl)c2)ccc1F. The quantitative estimate of drug-likeness (QED) is 0.782. The second-order valence-corrected chi connectivity index (χ2v) is 5.02. The highest BCUT2D eigenvalue weighted by molar-refractivity contribution is 6.31. The highest BCUT2D eigenvalue weighted by atomic mass is 35.5. The van der Waals surface area contributed by atoms with Crippen molar-refractivity contribution in [3.8, 4) is 11.1 Å². The Morgan fingerprint density at radius 3 is 2.30 bits per heavy atom. The van der Waals surface area contributed by atoms with E-state index in [1.807, 2.05) is 0 Å². The smallest absolute Gasteiger partial charge is 0.141 e. The topological polar surface area (TPSA) is 12.0 Å². The third-order valence-corrected chi connectivity index (χ3v) is 3.33. The zero-order valence-electron chi connectivity index (χ0n) is 11.2. The second kappa shape index (κ2) is 6.82. The van der Waals surface area contributed by atoms with Crippen molar-refractivity contribution in [2.24, 2.45) is 0 Å². The van der Waals surface area contributed by atoms with Crippen LogP contribution in [0.1, 0.15) is 18.9 Å². The summed E-state index contributed by atoms with van der Waals surface area (Å²) >= 11 is 5.78. The Hall–Kier alpha value is -1.45. The van der Waals surface area contributed by atoms with Crippen molar-refractivity contribution in [3.63, 3.8) is 0 Å². The van der Waals surface area contributed by atoms with Gasteiger partial charge in [0.2, 0.25) is 0 Å². The lowest BCUT2D eigenvalue weighted by molar-refractivity contribution is 0.587. The molecule has 0 amide bonds. The molecule has 1 nitrogen and oxygen atoms in total. The first-order chi connectivity index (χ1) is 9.61. The van der Waals surface area contributed by atoms with Crippen LogP contribution in [-0.4, -0.2) is 6.54 Å². The van der Waals surface area contributed by atoms with Crippen LogP contribution in [0.25, 0.3) is 11.1 Å². The summed E-state index contributed by atoms with van der Waals surface area (Å²) in [6, 6.07) is 9.36. The fourth-order valence-corrected chi connectivity index (χ4v) is 2.15. The first kappa shape index (κ1) is 14.9. The minimum absolute atomic E-state index is 0.0671. The van der Waals surface area contributed by atoms with E-state index < -0.39 is 5.82 Å². The molecule has 4 heteroatoms. The summed E-state index contributed by atoms with van der Waals surface area (Å²) in [6.07, 6.45) is 0.995. The van der Waals surface area contributed by atoms with Crippen LogP contribution in [0.15, 0.2) is 36.4 Å². The van der Waals surface area contributed by atoms with E-state index in [2.05, 4.69) is 12.2 Å². The molecule has 0 saturated heterocycles. The van der Waals surface area contributed by atoms with Gasteiger partial charge in [-0.15, -0.1) is 0 Å². The monoisotopic (exact) mass is 295 g/mol. The molecule has 2 aromatic carbocycles. The van der Waals surface area contributed by atoms with E-state index in [9.17, 15) is 8.78 Å². The molecular formula is C16H16ClF2N. The van der Waals surface area contributed by atoms with Gasteiger partial charge in [-0.25, -0.2) is 8.78 Å². The molecule has 0 radical (unpaired) electrons. The van der Waals surface area contributed by atoms with Crippen molar-refractivity contribution < 1.29 is 8.78 Å². The van der Waals surface area contributed by atoms with E-state index >= 15 is 0 Å². The number of halogens is 3. The Morgan fingerprint density at radius 1 is 1.00 bits per heavy atom. The lowest BCUT2D eigenvalue weighted by Crippen LogP contribution is -2.14. The first-order valence-electron chi connectivity index (χ1n) is 6.56. The van der Waals surface area contributed by atoms with E-state index in [1.54, 1.807) is 24.3 Å². The summed E-state index contributed by atoms with van der Waals surface area (Å²) in [5, 5.41) is 3.23. The predicted molar refractivity (Wildman–Crippen MR) is 78.8 cm³/mol. The number of rotatable bonds is 5. The highest BCUT2D eigenvalue weighted by Gasteiger charge is 2.07. The Morgan fingerprint density at radius 2 is 1.65 bits per heavy atom. The largest absolute Gasteiger partial charge is 0.313 e. The van der Waals surface area contributed by atoms with E-state index in [-0.39, 0.29) is 10.8 Å². The van der Waals surface area contributed by atoms with Gasteiger partial charge in [0.25, 0.3) is 0 Å². The molecule has 0 saturated carbocycles. The molecule has 106 valence electrons. The van der Waals surface area contributed by atoms with Crippen LogP contribution in [0, 0.1) is 11.6 Å². The van der Waals surface area contributed by atoms with Crippen LogP contribution in [0.4, 0.5) is 8.78 Å². The fraction of sp³-hybridized carbons (Fsp3) is 0.250. The third-order valence-electron chi connectivity index (χ3n) is 3.04. The fourth-order valence-electron chi connectivity index (χ4n) is 1.97. The van der Waals surface area contributed by atoms with Gasteiger partial charge < -0.3 is 5.32 Å². The molecule has 0 aliphatic heterocycles. The molecule has 0 heterocycles. The van der Waals surface area contributed by atoms with Crippen LogP contribution < -0.4 is 5.32 Å². The lowest BCUT2D eigenvalue weighted by atomic mass is 10.0. The molecule has 1 N–H and O–H groups in total. The predicted octanol–water partition coefficient (Wildman–Crippen LogP) is 4.78. The zero-order valence-corrected chi connectivity index (χ0v) is 12.0. The van der Waals surface area contributed by atoms with Gasteiger partial charge in [-0.1, -0.05) is 30.7 Å². The van der Waals surface area contributed by atoms with Gasteiger partial charge in [0.05, 0.1) is 5.02 Å². The number of nitrogens with one attached hydrogen (secondary N) is 1. The first-order valence-corrected chi connectivity index (χ1v) is 6.94. The molecule has 0 unspecified atom stereocenters. The molecule has 2 rings (SSSR count). The Balaban J connectivity index is 2.27. The molecule has 2 aromatic rings. The van der Waals surface area contributed by atoms with E-state index in [0.29, 0.717) is 12.1 Å². The Labute approximate surface area is 122 Å². The number of benzene rings is 2. The van der Waals surface area contributed by atoms with Crippen LogP contribution in [0.3, 0.4) is 0 Å². The maximum atomic E-state index is 13.7.